The standard InChI is InChI=1S/C13H22NO/c1-11(2)13-7-5-12(6-8-13)9-10-14(3,4)15/h5-8,11,15H,9-10H2,1-4H3/q+1. The lowest BCUT2D eigenvalue weighted by atomic mass is 10.0. The Kier molecular flexibility index (Phi) is 3.89. The summed E-state index contributed by atoms with van der Waals surface area (Å²) in [4.78, 5) is 0. The molecule has 0 saturated heterocycles. The number of rotatable bonds is 4. The fraction of sp³-hybridized carbons (Fsp3) is 0.538. The maximum atomic E-state index is 9.56. The highest BCUT2D eigenvalue weighted by atomic mass is 16.5. The van der Waals surface area contributed by atoms with E-state index < -0.39 is 0 Å². The lowest BCUT2D eigenvalue weighted by Crippen LogP contribution is -2.37. The maximum absolute atomic E-state index is 9.56. The average Bonchev–Trinajstić information content (AvgIpc) is 2.14. The lowest BCUT2D eigenvalue weighted by Gasteiger charge is -2.19. The summed E-state index contributed by atoms with van der Waals surface area (Å²) in [5.41, 5.74) is 2.66. The first-order valence-corrected chi connectivity index (χ1v) is 5.53. The van der Waals surface area contributed by atoms with Gasteiger partial charge in [0.2, 0.25) is 0 Å². The van der Waals surface area contributed by atoms with Gasteiger partial charge in [-0.3, -0.25) is 0 Å². The van der Waals surface area contributed by atoms with Crippen LogP contribution in [0.25, 0.3) is 0 Å². The first-order chi connectivity index (χ1) is 6.88. The number of nitrogens with zero attached hydrogens (tertiary/aromatic N) is 1. The number of quaternary nitrogens is 1. The van der Waals surface area contributed by atoms with Gasteiger partial charge in [0.1, 0.15) is 6.54 Å². The summed E-state index contributed by atoms with van der Waals surface area (Å²) in [6.45, 7) is 5.15. The molecule has 15 heavy (non-hydrogen) atoms. The van der Waals surface area contributed by atoms with Crippen LogP contribution in [0.15, 0.2) is 24.3 Å². The lowest BCUT2D eigenvalue weighted by molar-refractivity contribution is -1.07. The summed E-state index contributed by atoms with van der Waals surface area (Å²) in [5, 5.41) is 9.56. The fourth-order valence-electron chi connectivity index (χ4n) is 1.47. The van der Waals surface area contributed by atoms with E-state index in [1.165, 1.54) is 11.1 Å². The van der Waals surface area contributed by atoms with Crippen molar-refractivity contribution in [1.82, 2.24) is 0 Å². The Labute approximate surface area is 92.7 Å². The third-order valence-electron chi connectivity index (χ3n) is 2.59. The predicted molar refractivity (Wildman–Crippen MR) is 63.0 cm³/mol. The highest BCUT2D eigenvalue weighted by Crippen LogP contribution is 2.15. The van der Waals surface area contributed by atoms with Gasteiger partial charge in [0, 0.05) is 6.42 Å². The molecular weight excluding hydrogens is 186 g/mol. The zero-order valence-electron chi connectivity index (χ0n) is 10.2. The normalized spacial score (nSPS) is 12.1. The molecule has 1 rings (SSSR count). The molecule has 0 amide bonds. The van der Waals surface area contributed by atoms with E-state index in [9.17, 15) is 5.21 Å². The van der Waals surface area contributed by atoms with Crippen molar-refractivity contribution >= 4 is 0 Å². The molecule has 0 aliphatic heterocycles. The minimum atomic E-state index is 0.0337. The summed E-state index contributed by atoms with van der Waals surface area (Å²) in [7, 11) is 3.59. The van der Waals surface area contributed by atoms with Crippen molar-refractivity contribution in [3.8, 4) is 0 Å². The summed E-state index contributed by atoms with van der Waals surface area (Å²) < 4.78 is 0.0337. The number of hydroxylamine groups is 3. The van der Waals surface area contributed by atoms with Crippen LogP contribution in [-0.4, -0.2) is 30.5 Å². The van der Waals surface area contributed by atoms with Gasteiger partial charge in [0.05, 0.1) is 14.1 Å². The monoisotopic (exact) mass is 208 g/mol. The van der Waals surface area contributed by atoms with E-state index >= 15 is 0 Å². The molecule has 0 aromatic heterocycles. The van der Waals surface area contributed by atoms with Crippen molar-refractivity contribution < 1.29 is 9.85 Å². The van der Waals surface area contributed by atoms with Crippen molar-refractivity contribution in [1.29, 1.82) is 0 Å². The first kappa shape index (κ1) is 12.2. The van der Waals surface area contributed by atoms with Crippen LogP contribution in [0.1, 0.15) is 30.9 Å². The molecule has 0 aliphatic rings. The van der Waals surface area contributed by atoms with Gasteiger partial charge in [-0.2, -0.15) is 4.65 Å². The Bertz CT molecular complexity index is 295. The summed E-state index contributed by atoms with van der Waals surface area (Å²) in [6.07, 6.45) is 0.919. The van der Waals surface area contributed by atoms with E-state index in [2.05, 4.69) is 38.1 Å². The molecule has 0 heterocycles. The van der Waals surface area contributed by atoms with Crippen molar-refractivity contribution in [3.63, 3.8) is 0 Å². The quantitative estimate of drug-likeness (QED) is 0.596. The van der Waals surface area contributed by atoms with E-state index in [4.69, 9.17) is 0 Å². The molecule has 0 atom stereocenters. The molecule has 84 valence electrons. The Hall–Kier alpha value is -0.860. The smallest absolute Gasteiger partial charge is 0.112 e. The van der Waals surface area contributed by atoms with Crippen LogP contribution in [0.4, 0.5) is 0 Å². The van der Waals surface area contributed by atoms with E-state index in [1.54, 1.807) is 14.1 Å². The van der Waals surface area contributed by atoms with Crippen molar-refractivity contribution in [2.75, 3.05) is 20.6 Å². The van der Waals surface area contributed by atoms with Gasteiger partial charge in [-0.05, 0) is 17.0 Å². The van der Waals surface area contributed by atoms with Crippen LogP contribution in [0.2, 0.25) is 0 Å². The number of likely N-dealkylation sites (N-methyl/N-ethyl adjacent to an activating group) is 1. The molecule has 0 saturated carbocycles. The Morgan fingerprint density at radius 1 is 1.13 bits per heavy atom. The van der Waals surface area contributed by atoms with Crippen LogP contribution in [0.5, 0.6) is 0 Å². The molecule has 0 aliphatic carbocycles. The largest absolute Gasteiger partial charge is 0.217 e. The molecule has 0 unspecified atom stereocenters. The molecule has 0 bridgehead atoms. The summed E-state index contributed by atoms with van der Waals surface area (Å²) in [6, 6.07) is 8.67. The third kappa shape index (κ3) is 4.45. The summed E-state index contributed by atoms with van der Waals surface area (Å²) >= 11 is 0. The maximum Gasteiger partial charge on any atom is 0.112 e. The number of benzene rings is 1. The molecule has 2 heteroatoms. The summed E-state index contributed by atoms with van der Waals surface area (Å²) in [5.74, 6) is 0.587. The molecule has 0 spiro atoms. The molecular formula is C13H22NO+. The molecule has 1 aromatic rings. The van der Waals surface area contributed by atoms with Gasteiger partial charge in [0.15, 0.2) is 0 Å². The minimum Gasteiger partial charge on any atom is -0.217 e. The Balaban J connectivity index is 2.57. The van der Waals surface area contributed by atoms with E-state index in [1.807, 2.05) is 0 Å². The van der Waals surface area contributed by atoms with Crippen molar-refractivity contribution in [3.05, 3.63) is 35.4 Å². The van der Waals surface area contributed by atoms with Crippen molar-refractivity contribution in [2.24, 2.45) is 0 Å². The minimum absolute atomic E-state index is 0.0337. The molecule has 0 radical (unpaired) electrons. The third-order valence-corrected chi connectivity index (χ3v) is 2.59. The molecule has 2 nitrogen and oxygen atoms in total. The SMILES string of the molecule is CC(C)c1ccc(CC[N+](C)(C)O)cc1. The van der Waals surface area contributed by atoms with Gasteiger partial charge in [-0.25, -0.2) is 5.21 Å². The van der Waals surface area contributed by atoms with Gasteiger partial charge < -0.3 is 0 Å². The Morgan fingerprint density at radius 3 is 2.07 bits per heavy atom. The van der Waals surface area contributed by atoms with E-state index in [0.29, 0.717) is 5.92 Å². The van der Waals surface area contributed by atoms with Gasteiger partial charge in [0.25, 0.3) is 0 Å². The average molecular weight is 208 g/mol. The zero-order valence-corrected chi connectivity index (χ0v) is 10.2. The zero-order chi connectivity index (χ0) is 11.5. The highest BCUT2D eigenvalue weighted by molar-refractivity contribution is 5.24. The van der Waals surface area contributed by atoms with Gasteiger partial charge in [-0.1, -0.05) is 38.1 Å². The van der Waals surface area contributed by atoms with Crippen LogP contribution in [0, 0.1) is 0 Å². The first-order valence-electron chi connectivity index (χ1n) is 5.53. The molecule has 0 fully saturated rings. The second-order valence-electron chi connectivity index (χ2n) is 4.99. The van der Waals surface area contributed by atoms with Crippen molar-refractivity contribution in [2.45, 2.75) is 26.2 Å². The van der Waals surface area contributed by atoms with E-state index in [-0.39, 0.29) is 4.65 Å². The number of hydrogen-bond acceptors (Lipinski definition) is 1. The predicted octanol–water partition coefficient (Wildman–Crippen LogP) is 2.82. The van der Waals surface area contributed by atoms with Gasteiger partial charge in [-0.15, -0.1) is 0 Å². The Morgan fingerprint density at radius 2 is 1.67 bits per heavy atom. The number of hydrogen-bond donors (Lipinski definition) is 1. The second-order valence-corrected chi connectivity index (χ2v) is 4.99. The fourth-order valence-corrected chi connectivity index (χ4v) is 1.47. The molecule has 1 N–H and O–H groups in total. The highest BCUT2D eigenvalue weighted by Gasteiger charge is 2.10. The second kappa shape index (κ2) is 4.77. The van der Waals surface area contributed by atoms with Gasteiger partial charge >= 0.3 is 0 Å². The van der Waals surface area contributed by atoms with Crippen LogP contribution in [0.3, 0.4) is 0 Å². The topological polar surface area (TPSA) is 20.2 Å². The van der Waals surface area contributed by atoms with Crippen LogP contribution < -0.4 is 0 Å². The van der Waals surface area contributed by atoms with Crippen LogP contribution >= 0.6 is 0 Å². The van der Waals surface area contributed by atoms with E-state index in [0.717, 1.165) is 13.0 Å². The van der Waals surface area contributed by atoms with Crippen LogP contribution in [-0.2, 0) is 6.42 Å². The molecule has 1 aromatic carbocycles.